The average molecular weight is 307 g/mol. The monoisotopic (exact) mass is 307 g/mol. The van der Waals surface area contributed by atoms with Crippen LogP contribution in [0.2, 0.25) is 0 Å². The number of carbonyl (C=O) groups is 1. The maximum Gasteiger partial charge on any atom is 0.325 e. The molecule has 0 unspecified atom stereocenters. The topological polar surface area (TPSA) is 31.2 Å². The number of benzene rings is 2. The number of ether oxygens (including phenoxy) is 1. The van der Waals surface area contributed by atoms with Crippen LogP contribution in [-0.2, 0) is 22.5 Å². The van der Waals surface area contributed by atoms with Crippen molar-refractivity contribution in [2.45, 2.75) is 26.8 Å². The van der Waals surface area contributed by atoms with Crippen LogP contribution in [0.1, 0.15) is 23.7 Å². The minimum atomic E-state index is -0.192. The number of esters is 1. The van der Waals surface area contributed by atoms with Crippen LogP contribution >= 0.6 is 0 Å². The van der Waals surface area contributed by atoms with Crippen molar-refractivity contribution in [3.63, 3.8) is 0 Å². The zero-order valence-corrected chi connectivity index (χ0v) is 13.6. The van der Waals surface area contributed by atoms with E-state index in [0.717, 1.165) is 17.6 Å². The molecule has 3 heteroatoms. The summed E-state index contributed by atoms with van der Waals surface area (Å²) in [5, 5.41) is 1.21. The Bertz CT molecular complexity index is 818. The number of aromatic nitrogens is 1. The third-order valence-corrected chi connectivity index (χ3v) is 4.18. The van der Waals surface area contributed by atoms with Gasteiger partial charge in [-0.15, -0.1) is 0 Å². The van der Waals surface area contributed by atoms with E-state index in [1.165, 1.54) is 16.5 Å². The fraction of sp³-hybridized carbons (Fsp3) is 0.250. The van der Waals surface area contributed by atoms with Crippen LogP contribution in [0.25, 0.3) is 10.9 Å². The van der Waals surface area contributed by atoms with Gasteiger partial charge in [-0.2, -0.15) is 0 Å². The summed E-state index contributed by atoms with van der Waals surface area (Å²) in [6.45, 7) is 4.58. The highest BCUT2D eigenvalue weighted by Gasteiger charge is 2.16. The first-order valence-corrected chi connectivity index (χ1v) is 7.97. The van der Waals surface area contributed by atoms with Crippen molar-refractivity contribution in [2.24, 2.45) is 0 Å². The molecule has 3 aromatic rings. The molecule has 0 saturated heterocycles. The summed E-state index contributed by atoms with van der Waals surface area (Å²) >= 11 is 0. The van der Waals surface area contributed by atoms with Gasteiger partial charge in [0.1, 0.15) is 6.54 Å². The molecule has 2 aromatic carbocycles. The molecule has 3 rings (SSSR count). The Morgan fingerprint density at radius 3 is 2.48 bits per heavy atom. The predicted molar refractivity (Wildman–Crippen MR) is 92.6 cm³/mol. The minimum absolute atomic E-state index is 0.192. The fourth-order valence-corrected chi connectivity index (χ4v) is 3.07. The quantitative estimate of drug-likeness (QED) is 0.664. The van der Waals surface area contributed by atoms with E-state index in [2.05, 4.69) is 47.9 Å². The Hall–Kier alpha value is -2.55. The summed E-state index contributed by atoms with van der Waals surface area (Å²) < 4.78 is 7.18. The highest BCUT2D eigenvalue weighted by Crippen LogP contribution is 2.28. The Balaban J connectivity index is 2.04. The van der Waals surface area contributed by atoms with Gasteiger partial charge in [-0.25, -0.2) is 0 Å². The zero-order chi connectivity index (χ0) is 16.2. The normalized spacial score (nSPS) is 10.9. The van der Waals surface area contributed by atoms with Crippen molar-refractivity contribution in [2.75, 3.05) is 6.61 Å². The average Bonchev–Trinajstić information content (AvgIpc) is 2.82. The molecule has 0 fully saturated rings. The van der Waals surface area contributed by atoms with Gasteiger partial charge in [-0.05, 0) is 37.5 Å². The van der Waals surface area contributed by atoms with E-state index in [-0.39, 0.29) is 12.5 Å². The second kappa shape index (κ2) is 6.69. The summed E-state index contributed by atoms with van der Waals surface area (Å²) in [5.74, 6) is -0.192. The lowest BCUT2D eigenvalue weighted by atomic mass is 10.0. The SMILES string of the molecule is CCOC(=O)Cn1c(C)c(Cc2ccccc2)c2ccccc21. The van der Waals surface area contributed by atoms with Gasteiger partial charge in [0.2, 0.25) is 0 Å². The number of para-hydroxylation sites is 1. The first kappa shape index (κ1) is 15.3. The number of hydrogen-bond acceptors (Lipinski definition) is 2. The first-order valence-electron chi connectivity index (χ1n) is 7.97. The third-order valence-electron chi connectivity index (χ3n) is 4.18. The van der Waals surface area contributed by atoms with Crippen LogP contribution < -0.4 is 0 Å². The Kier molecular flexibility index (Phi) is 4.47. The summed E-state index contributed by atoms with van der Waals surface area (Å²) in [6, 6.07) is 18.7. The molecule has 0 radical (unpaired) electrons. The third kappa shape index (κ3) is 3.14. The molecular formula is C20H21NO2. The summed E-state index contributed by atoms with van der Waals surface area (Å²) in [4.78, 5) is 11.9. The van der Waals surface area contributed by atoms with E-state index in [9.17, 15) is 4.79 Å². The number of rotatable bonds is 5. The molecule has 23 heavy (non-hydrogen) atoms. The van der Waals surface area contributed by atoms with Gasteiger partial charge in [-0.3, -0.25) is 4.79 Å². The molecule has 118 valence electrons. The van der Waals surface area contributed by atoms with Gasteiger partial charge < -0.3 is 9.30 Å². The van der Waals surface area contributed by atoms with Crippen LogP contribution in [-0.4, -0.2) is 17.1 Å². The molecule has 0 aliphatic heterocycles. The van der Waals surface area contributed by atoms with Crippen molar-refractivity contribution >= 4 is 16.9 Å². The van der Waals surface area contributed by atoms with Gasteiger partial charge in [-0.1, -0.05) is 48.5 Å². The maximum atomic E-state index is 11.9. The molecule has 0 spiro atoms. The number of hydrogen-bond donors (Lipinski definition) is 0. The van der Waals surface area contributed by atoms with Crippen molar-refractivity contribution in [1.29, 1.82) is 0 Å². The van der Waals surface area contributed by atoms with E-state index in [1.54, 1.807) is 0 Å². The number of nitrogens with zero attached hydrogens (tertiary/aromatic N) is 1. The highest BCUT2D eigenvalue weighted by molar-refractivity contribution is 5.87. The smallest absolute Gasteiger partial charge is 0.325 e. The van der Waals surface area contributed by atoms with Gasteiger partial charge in [0, 0.05) is 16.6 Å². The molecule has 0 bridgehead atoms. The summed E-state index contributed by atoms with van der Waals surface area (Å²) in [6.07, 6.45) is 0.864. The molecule has 0 aliphatic carbocycles. The summed E-state index contributed by atoms with van der Waals surface area (Å²) in [5.41, 5.74) is 4.76. The second-order valence-corrected chi connectivity index (χ2v) is 5.63. The summed E-state index contributed by atoms with van der Waals surface area (Å²) in [7, 11) is 0. The van der Waals surface area contributed by atoms with E-state index >= 15 is 0 Å². The molecule has 1 aromatic heterocycles. The van der Waals surface area contributed by atoms with Crippen molar-refractivity contribution < 1.29 is 9.53 Å². The lowest BCUT2D eigenvalue weighted by Crippen LogP contribution is -2.14. The van der Waals surface area contributed by atoms with Crippen molar-refractivity contribution in [3.8, 4) is 0 Å². The molecule has 1 heterocycles. The Morgan fingerprint density at radius 2 is 1.74 bits per heavy atom. The molecule has 0 saturated carbocycles. The predicted octanol–water partition coefficient (Wildman–Crippen LogP) is 4.10. The lowest BCUT2D eigenvalue weighted by Gasteiger charge is -2.08. The fourth-order valence-electron chi connectivity index (χ4n) is 3.07. The Morgan fingerprint density at radius 1 is 1.04 bits per heavy atom. The highest BCUT2D eigenvalue weighted by atomic mass is 16.5. The van der Waals surface area contributed by atoms with Gasteiger partial charge in [0.05, 0.1) is 6.61 Å². The standard InChI is InChI=1S/C20H21NO2/c1-3-23-20(22)14-21-15(2)18(13-16-9-5-4-6-10-16)17-11-7-8-12-19(17)21/h4-12H,3,13-14H2,1-2H3. The molecule has 0 atom stereocenters. The van der Waals surface area contributed by atoms with Crippen molar-refractivity contribution in [3.05, 3.63) is 71.4 Å². The van der Waals surface area contributed by atoms with Crippen molar-refractivity contribution in [1.82, 2.24) is 4.57 Å². The number of fused-ring (bicyclic) bond motifs is 1. The van der Waals surface area contributed by atoms with Gasteiger partial charge in [0.25, 0.3) is 0 Å². The molecular weight excluding hydrogens is 286 g/mol. The van der Waals surface area contributed by atoms with E-state index in [0.29, 0.717) is 6.61 Å². The van der Waals surface area contributed by atoms with Crippen LogP contribution in [0, 0.1) is 6.92 Å². The second-order valence-electron chi connectivity index (χ2n) is 5.63. The number of carbonyl (C=O) groups excluding carboxylic acids is 1. The van der Waals surface area contributed by atoms with E-state index in [1.807, 2.05) is 25.1 Å². The lowest BCUT2D eigenvalue weighted by molar-refractivity contribution is -0.143. The Labute approximate surface area is 136 Å². The largest absolute Gasteiger partial charge is 0.465 e. The maximum absolute atomic E-state index is 11.9. The molecule has 0 aliphatic rings. The van der Waals surface area contributed by atoms with Gasteiger partial charge in [0.15, 0.2) is 0 Å². The molecule has 0 amide bonds. The van der Waals surface area contributed by atoms with Crippen LogP contribution in [0.15, 0.2) is 54.6 Å². The first-order chi connectivity index (χ1) is 11.2. The molecule has 0 N–H and O–H groups in total. The van der Waals surface area contributed by atoms with Gasteiger partial charge >= 0.3 is 5.97 Å². The van der Waals surface area contributed by atoms with E-state index < -0.39 is 0 Å². The van der Waals surface area contributed by atoms with Crippen LogP contribution in [0.5, 0.6) is 0 Å². The van der Waals surface area contributed by atoms with E-state index in [4.69, 9.17) is 4.74 Å². The molecule has 3 nitrogen and oxygen atoms in total. The van der Waals surface area contributed by atoms with Crippen LogP contribution in [0.4, 0.5) is 0 Å². The minimum Gasteiger partial charge on any atom is -0.465 e. The zero-order valence-electron chi connectivity index (χ0n) is 13.6. The van der Waals surface area contributed by atoms with Crippen LogP contribution in [0.3, 0.4) is 0 Å².